The van der Waals surface area contributed by atoms with Gasteiger partial charge in [0.1, 0.15) is 6.04 Å². The summed E-state index contributed by atoms with van der Waals surface area (Å²) in [4.78, 5) is 22.2. The van der Waals surface area contributed by atoms with Crippen LogP contribution in [-0.2, 0) is 4.79 Å². The van der Waals surface area contributed by atoms with Crippen molar-refractivity contribution < 1.29 is 4.79 Å². The van der Waals surface area contributed by atoms with Crippen LogP contribution in [0, 0.1) is 6.92 Å². The van der Waals surface area contributed by atoms with Crippen molar-refractivity contribution in [1.82, 2.24) is 19.7 Å². The predicted octanol–water partition coefficient (Wildman–Crippen LogP) is 4.80. The molecule has 2 aromatic heterocycles. The quantitative estimate of drug-likeness (QED) is 0.410. The number of benzene rings is 1. The van der Waals surface area contributed by atoms with Crippen LogP contribution in [0.2, 0.25) is 0 Å². The first-order valence-electron chi connectivity index (χ1n) is 10.4. The molecule has 2 N–H and O–H groups in total. The summed E-state index contributed by atoms with van der Waals surface area (Å²) in [6, 6.07) is 11.2. The molecule has 1 aliphatic heterocycles. The number of thioether (sulfide) groups is 1. The molecule has 1 aromatic carbocycles. The minimum Gasteiger partial charge on any atom is -0.328 e. The number of nitrogens with one attached hydrogen (secondary N) is 2. The average molecular weight is 435 g/mol. The molecular weight excluding hydrogens is 408 g/mol. The normalized spacial score (nSPS) is 15.4. The van der Waals surface area contributed by atoms with Crippen LogP contribution in [0.4, 0.5) is 11.6 Å². The van der Waals surface area contributed by atoms with E-state index in [4.69, 9.17) is 5.10 Å². The van der Waals surface area contributed by atoms with Gasteiger partial charge in [0.25, 0.3) is 5.91 Å². The van der Waals surface area contributed by atoms with Gasteiger partial charge in [0.05, 0.1) is 5.57 Å². The Morgan fingerprint density at radius 3 is 2.61 bits per heavy atom. The van der Waals surface area contributed by atoms with Gasteiger partial charge in [-0.3, -0.25) is 9.78 Å². The fraction of sp³-hybridized carbons (Fsp3) is 0.304. The molecule has 1 atom stereocenters. The first-order valence-corrected chi connectivity index (χ1v) is 11.4. The number of carbonyl (C=O) groups excluding carboxylic acids is 1. The van der Waals surface area contributed by atoms with Gasteiger partial charge in [0, 0.05) is 29.5 Å². The number of nitrogens with zero attached hydrogens (tertiary/aromatic N) is 4. The molecule has 160 valence electrons. The molecule has 8 heteroatoms. The lowest BCUT2D eigenvalue weighted by Crippen LogP contribution is -2.31. The highest BCUT2D eigenvalue weighted by Crippen LogP contribution is 2.36. The molecule has 1 aliphatic rings. The fourth-order valence-electron chi connectivity index (χ4n) is 3.48. The molecule has 0 fully saturated rings. The highest BCUT2D eigenvalue weighted by atomic mass is 32.2. The molecular formula is C23H26N6OS. The van der Waals surface area contributed by atoms with E-state index in [1.165, 1.54) is 0 Å². The van der Waals surface area contributed by atoms with Crippen LogP contribution in [0.3, 0.4) is 0 Å². The zero-order valence-electron chi connectivity index (χ0n) is 17.9. The van der Waals surface area contributed by atoms with Crippen LogP contribution in [-0.4, -0.2) is 31.4 Å². The molecule has 3 aromatic rings. The topological polar surface area (TPSA) is 84.7 Å². The van der Waals surface area contributed by atoms with E-state index in [1.807, 2.05) is 50.2 Å². The van der Waals surface area contributed by atoms with Crippen molar-refractivity contribution >= 4 is 29.3 Å². The largest absolute Gasteiger partial charge is 0.328 e. The van der Waals surface area contributed by atoms with Gasteiger partial charge < -0.3 is 10.6 Å². The van der Waals surface area contributed by atoms with E-state index < -0.39 is 6.04 Å². The average Bonchev–Trinajstić information content (AvgIpc) is 3.17. The van der Waals surface area contributed by atoms with E-state index in [2.05, 4.69) is 27.5 Å². The Balaban J connectivity index is 1.69. The van der Waals surface area contributed by atoms with Crippen LogP contribution < -0.4 is 10.6 Å². The number of fused-ring (bicyclic) bond motifs is 1. The minimum absolute atomic E-state index is 0.169. The van der Waals surface area contributed by atoms with Crippen LogP contribution in [0.5, 0.6) is 0 Å². The first-order chi connectivity index (χ1) is 15.1. The van der Waals surface area contributed by atoms with E-state index in [0.29, 0.717) is 16.7 Å². The van der Waals surface area contributed by atoms with Crippen molar-refractivity contribution in [3.63, 3.8) is 0 Å². The third kappa shape index (κ3) is 4.64. The second kappa shape index (κ2) is 9.34. The molecule has 0 bridgehead atoms. The number of aryl methyl sites for hydroxylation is 1. The summed E-state index contributed by atoms with van der Waals surface area (Å²) < 4.78 is 1.81. The van der Waals surface area contributed by atoms with Crippen LogP contribution in [0.25, 0.3) is 0 Å². The molecule has 1 unspecified atom stereocenters. The molecule has 4 rings (SSSR count). The van der Waals surface area contributed by atoms with Crippen molar-refractivity contribution in [2.75, 3.05) is 16.4 Å². The van der Waals surface area contributed by atoms with Crippen molar-refractivity contribution in [2.45, 2.75) is 44.8 Å². The summed E-state index contributed by atoms with van der Waals surface area (Å²) in [5.74, 6) is 1.44. The second-order valence-electron chi connectivity index (χ2n) is 7.53. The van der Waals surface area contributed by atoms with Crippen LogP contribution in [0.1, 0.15) is 43.9 Å². The highest BCUT2D eigenvalue weighted by Gasteiger charge is 2.34. The summed E-state index contributed by atoms with van der Waals surface area (Å²) in [5, 5.41) is 11.8. The minimum atomic E-state index is -0.391. The van der Waals surface area contributed by atoms with E-state index in [-0.39, 0.29) is 5.91 Å². The Labute approximate surface area is 186 Å². The molecule has 31 heavy (non-hydrogen) atoms. The number of carbonyl (C=O) groups is 1. The second-order valence-corrected chi connectivity index (χ2v) is 8.59. The van der Waals surface area contributed by atoms with Crippen LogP contribution >= 0.6 is 11.8 Å². The van der Waals surface area contributed by atoms with Gasteiger partial charge in [0.15, 0.2) is 0 Å². The molecule has 0 radical (unpaired) electrons. The lowest BCUT2D eigenvalue weighted by Gasteiger charge is -2.28. The van der Waals surface area contributed by atoms with Gasteiger partial charge in [-0.15, -0.1) is 5.10 Å². The third-order valence-electron chi connectivity index (χ3n) is 5.14. The SMILES string of the molecule is CCCCSc1nc2n(n1)C(c1ccncc1)C(C(=O)Nc1ccc(C)cc1)=C(C)N2. The number of amides is 1. The zero-order valence-corrected chi connectivity index (χ0v) is 18.7. The standard InChI is InChI=1S/C23H26N6OS/c1-4-5-14-31-23-27-22-25-16(3)19(21(30)26-18-8-6-15(2)7-9-18)20(29(22)28-23)17-10-12-24-13-11-17/h6-13,20H,4-5,14H2,1-3H3,(H,26,30)(H,25,27,28). The van der Waals surface area contributed by atoms with Crippen molar-refractivity contribution in [3.8, 4) is 0 Å². The van der Waals surface area contributed by atoms with Crippen molar-refractivity contribution in [1.29, 1.82) is 0 Å². The third-order valence-corrected chi connectivity index (χ3v) is 6.06. The highest BCUT2D eigenvalue weighted by molar-refractivity contribution is 7.99. The smallest absolute Gasteiger partial charge is 0.255 e. The van der Waals surface area contributed by atoms with Crippen LogP contribution in [0.15, 0.2) is 65.2 Å². The number of anilines is 2. The van der Waals surface area contributed by atoms with Gasteiger partial charge in [-0.2, -0.15) is 4.98 Å². The van der Waals surface area contributed by atoms with Crippen molar-refractivity contribution in [2.24, 2.45) is 0 Å². The molecule has 0 saturated heterocycles. The maximum absolute atomic E-state index is 13.4. The monoisotopic (exact) mass is 434 g/mol. The predicted molar refractivity (Wildman–Crippen MR) is 124 cm³/mol. The van der Waals surface area contributed by atoms with E-state index in [9.17, 15) is 4.79 Å². The Kier molecular flexibility index (Phi) is 6.36. The first kappa shape index (κ1) is 21.1. The summed E-state index contributed by atoms with van der Waals surface area (Å²) in [5.41, 5.74) is 4.19. The Morgan fingerprint density at radius 1 is 1.16 bits per heavy atom. The molecule has 0 spiro atoms. The van der Waals surface area contributed by atoms with Gasteiger partial charge in [-0.1, -0.05) is 42.8 Å². The number of unbranched alkanes of at least 4 members (excludes halogenated alkanes) is 1. The Hall–Kier alpha value is -3.13. The Morgan fingerprint density at radius 2 is 1.90 bits per heavy atom. The van der Waals surface area contributed by atoms with Gasteiger partial charge in [-0.05, 0) is 50.1 Å². The number of aromatic nitrogens is 4. The zero-order chi connectivity index (χ0) is 21.8. The van der Waals surface area contributed by atoms with E-state index in [1.54, 1.807) is 28.8 Å². The molecule has 0 aliphatic carbocycles. The number of hydrogen-bond donors (Lipinski definition) is 2. The maximum Gasteiger partial charge on any atom is 0.255 e. The summed E-state index contributed by atoms with van der Waals surface area (Å²) in [6.07, 6.45) is 5.70. The molecule has 0 saturated carbocycles. The molecule has 3 heterocycles. The molecule has 7 nitrogen and oxygen atoms in total. The van der Waals surface area contributed by atoms with Gasteiger partial charge >= 0.3 is 0 Å². The number of allylic oxidation sites excluding steroid dienone is 1. The maximum atomic E-state index is 13.4. The van der Waals surface area contributed by atoms with Gasteiger partial charge in [-0.25, -0.2) is 4.68 Å². The Bertz CT molecular complexity index is 1090. The summed E-state index contributed by atoms with van der Waals surface area (Å²) in [6.45, 7) is 6.09. The van der Waals surface area contributed by atoms with Gasteiger partial charge in [0.2, 0.25) is 11.1 Å². The van der Waals surface area contributed by atoms with E-state index in [0.717, 1.165) is 41.1 Å². The summed E-state index contributed by atoms with van der Waals surface area (Å²) >= 11 is 1.64. The number of pyridine rings is 1. The molecule has 1 amide bonds. The fourth-order valence-corrected chi connectivity index (χ4v) is 4.40. The van der Waals surface area contributed by atoms with Crippen molar-refractivity contribution in [3.05, 3.63) is 71.2 Å². The number of rotatable bonds is 7. The lowest BCUT2D eigenvalue weighted by atomic mass is 9.96. The van der Waals surface area contributed by atoms with E-state index >= 15 is 0 Å². The number of hydrogen-bond acceptors (Lipinski definition) is 6. The lowest BCUT2D eigenvalue weighted by molar-refractivity contribution is -0.113. The summed E-state index contributed by atoms with van der Waals surface area (Å²) in [7, 11) is 0.